The first-order valence-corrected chi connectivity index (χ1v) is 6.90. The third-order valence-electron chi connectivity index (χ3n) is 3.98. The van der Waals surface area contributed by atoms with Gasteiger partial charge in [0.05, 0.1) is 5.69 Å². The fraction of sp³-hybridized carbons (Fsp3) is 0.667. The van der Waals surface area contributed by atoms with Crippen LogP contribution in [0.4, 0.5) is 0 Å². The number of hydrogen-bond acceptors (Lipinski definition) is 3. The third-order valence-corrected chi connectivity index (χ3v) is 3.98. The summed E-state index contributed by atoms with van der Waals surface area (Å²) < 4.78 is 0. The molecule has 0 saturated carbocycles. The minimum absolute atomic E-state index is 0.399. The molecule has 0 bridgehead atoms. The van der Waals surface area contributed by atoms with Gasteiger partial charge < -0.3 is 5.32 Å². The zero-order chi connectivity index (χ0) is 13.0. The first-order chi connectivity index (χ1) is 8.58. The zero-order valence-corrected chi connectivity index (χ0v) is 11.8. The van der Waals surface area contributed by atoms with Crippen LogP contribution in [0.1, 0.15) is 32.4 Å². The van der Waals surface area contributed by atoms with Crippen LogP contribution in [0.15, 0.2) is 24.4 Å². The van der Waals surface area contributed by atoms with Crippen LogP contribution in [0.25, 0.3) is 0 Å². The second-order valence-electron chi connectivity index (χ2n) is 6.12. The molecule has 2 heterocycles. The molecule has 1 aliphatic rings. The van der Waals surface area contributed by atoms with Gasteiger partial charge in [0.1, 0.15) is 0 Å². The minimum atomic E-state index is 0.399. The molecule has 1 fully saturated rings. The molecule has 0 radical (unpaired) electrons. The largest absolute Gasteiger partial charge is 0.312 e. The number of nitrogens with zero attached hydrogens (tertiary/aromatic N) is 2. The van der Waals surface area contributed by atoms with E-state index in [2.05, 4.69) is 48.2 Å². The summed E-state index contributed by atoms with van der Waals surface area (Å²) in [5.74, 6) is 0. The number of likely N-dealkylation sites (N-methyl/N-ethyl adjacent to an activating group) is 1. The minimum Gasteiger partial charge on any atom is -0.312 e. The van der Waals surface area contributed by atoms with Gasteiger partial charge in [-0.25, -0.2) is 0 Å². The first kappa shape index (κ1) is 13.5. The molecule has 1 atom stereocenters. The van der Waals surface area contributed by atoms with Gasteiger partial charge in [-0.3, -0.25) is 9.88 Å². The molecule has 3 heteroatoms. The lowest BCUT2D eigenvalue weighted by Crippen LogP contribution is -2.52. The van der Waals surface area contributed by atoms with Gasteiger partial charge in [0, 0.05) is 25.3 Å². The van der Waals surface area contributed by atoms with Crippen LogP contribution in [0.3, 0.4) is 0 Å². The van der Waals surface area contributed by atoms with E-state index >= 15 is 0 Å². The van der Waals surface area contributed by atoms with Gasteiger partial charge in [-0.1, -0.05) is 19.9 Å². The summed E-state index contributed by atoms with van der Waals surface area (Å²) in [7, 11) is 2.18. The SMILES string of the molecule is CN(Cc1ccccn1)CC1NCCCC1(C)C. The molecule has 18 heavy (non-hydrogen) atoms. The molecule has 1 unspecified atom stereocenters. The first-order valence-electron chi connectivity index (χ1n) is 6.90. The van der Waals surface area contributed by atoms with Gasteiger partial charge in [-0.2, -0.15) is 0 Å². The van der Waals surface area contributed by atoms with E-state index in [1.165, 1.54) is 12.8 Å². The molecule has 1 saturated heterocycles. The lowest BCUT2D eigenvalue weighted by atomic mass is 9.77. The van der Waals surface area contributed by atoms with Crippen LogP contribution in [-0.4, -0.2) is 36.1 Å². The summed E-state index contributed by atoms with van der Waals surface area (Å²) in [5, 5.41) is 3.66. The van der Waals surface area contributed by atoms with E-state index in [0.29, 0.717) is 11.5 Å². The molecule has 1 aliphatic heterocycles. The van der Waals surface area contributed by atoms with Crippen LogP contribution >= 0.6 is 0 Å². The number of hydrogen-bond donors (Lipinski definition) is 1. The predicted octanol–water partition coefficient (Wildman–Crippen LogP) is 2.29. The van der Waals surface area contributed by atoms with Crippen molar-refractivity contribution in [2.24, 2.45) is 5.41 Å². The van der Waals surface area contributed by atoms with Crippen molar-refractivity contribution in [3.63, 3.8) is 0 Å². The molecular formula is C15H25N3. The van der Waals surface area contributed by atoms with E-state index in [0.717, 1.165) is 25.3 Å². The highest BCUT2D eigenvalue weighted by atomic mass is 15.1. The second kappa shape index (κ2) is 5.81. The Morgan fingerprint density at radius 3 is 2.94 bits per heavy atom. The fourth-order valence-corrected chi connectivity index (χ4v) is 2.73. The molecule has 0 aromatic carbocycles. The summed E-state index contributed by atoms with van der Waals surface area (Å²) >= 11 is 0. The molecule has 0 spiro atoms. The van der Waals surface area contributed by atoms with Crippen molar-refractivity contribution >= 4 is 0 Å². The van der Waals surface area contributed by atoms with Crippen LogP contribution in [0.2, 0.25) is 0 Å². The highest BCUT2D eigenvalue weighted by Crippen LogP contribution is 2.30. The molecule has 1 aromatic heterocycles. The highest BCUT2D eigenvalue weighted by Gasteiger charge is 2.32. The van der Waals surface area contributed by atoms with E-state index in [4.69, 9.17) is 0 Å². The summed E-state index contributed by atoms with van der Waals surface area (Å²) in [6.45, 7) is 7.92. The Bertz CT molecular complexity index is 361. The lowest BCUT2D eigenvalue weighted by molar-refractivity contribution is 0.135. The maximum absolute atomic E-state index is 4.39. The normalized spacial score (nSPS) is 23.2. The van der Waals surface area contributed by atoms with Crippen LogP contribution in [0, 0.1) is 5.41 Å². The standard InChI is InChI=1S/C15H25N3/c1-15(2)8-6-10-17-14(15)12-18(3)11-13-7-4-5-9-16-13/h4-5,7,9,14,17H,6,8,10-12H2,1-3H3. The average Bonchev–Trinajstić information content (AvgIpc) is 2.33. The van der Waals surface area contributed by atoms with E-state index in [9.17, 15) is 0 Å². The maximum Gasteiger partial charge on any atom is 0.0543 e. The summed E-state index contributed by atoms with van der Waals surface area (Å²) in [4.78, 5) is 6.75. The van der Waals surface area contributed by atoms with Crippen molar-refractivity contribution in [1.29, 1.82) is 0 Å². The van der Waals surface area contributed by atoms with E-state index in [1.54, 1.807) is 0 Å². The number of nitrogens with one attached hydrogen (secondary N) is 1. The van der Waals surface area contributed by atoms with Crippen molar-refractivity contribution in [1.82, 2.24) is 15.2 Å². The maximum atomic E-state index is 4.39. The van der Waals surface area contributed by atoms with Gasteiger partial charge in [-0.15, -0.1) is 0 Å². The highest BCUT2D eigenvalue weighted by molar-refractivity contribution is 5.03. The Kier molecular flexibility index (Phi) is 4.36. The van der Waals surface area contributed by atoms with Crippen LogP contribution < -0.4 is 5.32 Å². The van der Waals surface area contributed by atoms with Gasteiger partial charge >= 0.3 is 0 Å². The molecule has 1 aromatic rings. The molecule has 0 aliphatic carbocycles. The summed E-state index contributed by atoms with van der Waals surface area (Å²) in [6, 6.07) is 6.70. The van der Waals surface area contributed by atoms with E-state index < -0.39 is 0 Å². The van der Waals surface area contributed by atoms with Crippen LogP contribution in [0.5, 0.6) is 0 Å². The van der Waals surface area contributed by atoms with Crippen molar-refractivity contribution in [2.45, 2.75) is 39.3 Å². The van der Waals surface area contributed by atoms with Gasteiger partial charge in [0.2, 0.25) is 0 Å². The topological polar surface area (TPSA) is 28.2 Å². The third kappa shape index (κ3) is 3.53. The lowest BCUT2D eigenvalue weighted by Gasteiger charge is -2.41. The molecule has 1 N–H and O–H groups in total. The molecule has 3 nitrogen and oxygen atoms in total. The number of piperidine rings is 1. The molecular weight excluding hydrogens is 222 g/mol. The Hall–Kier alpha value is -0.930. The average molecular weight is 247 g/mol. The summed E-state index contributed by atoms with van der Waals surface area (Å²) in [6.07, 6.45) is 4.49. The molecule has 0 amide bonds. The quantitative estimate of drug-likeness (QED) is 0.885. The van der Waals surface area contributed by atoms with Gasteiger partial charge in [-0.05, 0) is 44.0 Å². The summed E-state index contributed by atoms with van der Waals surface area (Å²) in [5.41, 5.74) is 1.55. The van der Waals surface area contributed by atoms with Gasteiger partial charge in [0.15, 0.2) is 0 Å². The zero-order valence-electron chi connectivity index (χ0n) is 11.8. The Morgan fingerprint density at radius 1 is 1.44 bits per heavy atom. The Labute approximate surface area is 111 Å². The molecule has 100 valence electrons. The number of aromatic nitrogens is 1. The number of rotatable bonds is 4. The fourth-order valence-electron chi connectivity index (χ4n) is 2.73. The van der Waals surface area contributed by atoms with E-state index in [1.807, 2.05) is 12.3 Å². The van der Waals surface area contributed by atoms with Gasteiger partial charge in [0.25, 0.3) is 0 Å². The predicted molar refractivity (Wildman–Crippen MR) is 75.4 cm³/mol. The van der Waals surface area contributed by atoms with E-state index in [-0.39, 0.29) is 0 Å². The van der Waals surface area contributed by atoms with Crippen molar-refractivity contribution in [2.75, 3.05) is 20.1 Å². The van der Waals surface area contributed by atoms with Crippen molar-refractivity contribution < 1.29 is 0 Å². The smallest absolute Gasteiger partial charge is 0.0543 e. The Morgan fingerprint density at radius 2 is 2.28 bits per heavy atom. The molecule has 2 rings (SSSR count). The number of pyridine rings is 1. The van der Waals surface area contributed by atoms with Crippen molar-refractivity contribution in [3.05, 3.63) is 30.1 Å². The van der Waals surface area contributed by atoms with Crippen LogP contribution in [-0.2, 0) is 6.54 Å². The Balaban J connectivity index is 1.89. The second-order valence-corrected chi connectivity index (χ2v) is 6.12. The van der Waals surface area contributed by atoms with Crippen molar-refractivity contribution in [3.8, 4) is 0 Å². The monoisotopic (exact) mass is 247 g/mol.